The summed E-state index contributed by atoms with van der Waals surface area (Å²) in [5.41, 5.74) is 0.936. The Kier molecular flexibility index (Phi) is 5.90. The zero-order chi connectivity index (χ0) is 21.2. The first-order valence-corrected chi connectivity index (χ1v) is 9.47. The van der Waals surface area contributed by atoms with Crippen LogP contribution in [-0.4, -0.2) is 64.3 Å². The molecule has 10 heteroatoms. The van der Waals surface area contributed by atoms with Crippen molar-refractivity contribution in [2.75, 3.05) is 18.4 Å². The van der Waals surface area contributed by atoms with Crippen molar-refractivity contribution in [1.29, 1.82) is 0 Å². The number of likely N-dealkylation sites (tertiary alicyclic amines) is 1. The summed E-state index contributed by atoms with van der Waals surface area (Å²) in [7, 11) is 0. The molecular formula is C19H24F2N5O3+. The van der Waals surface area contributed by atoms with Gasteiger partial charge in [-0.2, -0.15) is 0 Å². The number of pyridine rings is 1. The summed E-state index contributed by atoms with van der Waals surface area (Å²) in [6.45, 7) is 1.65. The topological polar surface area (TPSA) is 117 Å². The van der Waals surface area contributed by atoms with Crippen molar-refractivity contribution in [2.24, 2.45) is 0 Å². The van der Waals surface area contributed by atoms with Crippen LogP contribution < -0.4 is 16.0 Å². The summed E-state index contributed by atoms with van der Waals surface area (Å²) in [5, 5.41) is 11.3. The van der Waals surface area contributed by atoms with Crippen LogP contribution in [0.5, 0.6) is 0 Å². The number of halogens is 2. The molecule has 2 fully saturated rings. The Bertz CT molecular complexity index is 837. The van der Waals surface area contributed by atoms with Crippen molar-refractivity contribution in [1.82, 2.24) is 15.2 Å². The van der Waals surface area contributed by atoms with Crippen LogP contribution in [0.15, 0.2) is 18.5 Å². The van der Waals surface area contributed by atoms with Gasteiger partial charge >= 0.3 is 0 Å². The fraction of sp³-hybridized carbons (Fsp3) is 0.526. The van der Waals surface area contributed by atoms with E-state index in [2.05, 4.69) is 15.6 Å². The second-order valence-corrected chi connectivity index (χ2v) is 7.46. The van der Waals surface area contributed by atoms with Crippen LogP contribution in [0.25, 0.3) is 0 Å². The number of nitrogens with two attached hydrogens (primary N) is 1. The molecule has 0 radical (unpaired) electrons. The molecular weight excluding hydrogens is 384 g/mol. The SMILES string of the molecule is CC(=O)C(=[NH2+])c1ccncc1NCC(=O)N1CCC[C@H]1C(=O)NC1CC(F)(F)C1. The first-order chi connectivity index (χ1) is 13.7. The second-order valence-electron chi connectivity index (χ2n) is 7.46. The number of hydrogen-bond acceptors (Lipinski definition) is 5. The number of ketones is 1. The van der Waals surface area contributed by atoms with Crippen molar-refractivity contribution < 1.29 is 28.6 Å². The van der Waals surface area contributed by atoms with Crippen LogP contribution in [-0.2, 0) is 14.4 Å². The lowest BCUT2D eigenvalue weighted by Crippen LogP contribution is -2.55. The van der Waals surface area contributed by atoms with Gasteiger partial charge in [0.25, 0.3) is 5.92 Å². The van der Waals surface area contributed by atoms with E-state index in [-0.39, 0.29) is 36.8 Å². The van der Waals surface area contributed by atoms with Gasteiger partial charge in [-0.05, 0) is 18.9 Å². The van der Waals surface area contributed by atoms with E-state index in [1.54, 1.807) is 6.07 Å². The smallest absolute Gasteiger partial charge is 0.252 e. The molecule has 2 heterocycles. The third kappa shape index (κ3) is 4.75. The zero-order valence-electron chi connectivity index (χ0n) is 16.1. The number of alkyl halides is 2. The Morgan fingerprint density at radius 1 is 1.34 bits per heavy atom. The molecule has 4 N–H and O–H groups in total. The highest BCUT2D eigenvalue weighted by Gasteiger charge is 2.47. The molecule has 3 rings (SSSR count). The molecule has 1 aliphatic carbocycles. The number of aromatic nitrogens is 1. The Morgan fingerprint density at radius 3 is 2.72 bits per heavy atom. The largest absolute Gasteiger partial charge is 0.374 e. The van der Waals surface area contributed by atoms with Crippen LogP contribution in [0.1, 0.15) is 38.2 Å². The summed E-state index contributed by atoms with van der Waals surface area (Å²) < 4.78 is 25.9. The molecule has 2 amide bonds. The predicted molar refractivity (Wildman–Crippen MR) is 100 cm³/mol. The number of carbonyl (C=O) groups excluding carboxylic acids is 3. The Balaban J connectivity index is 1.58. The third-order valence-corrected chi connectivity index (χ3v) is 5.23. The highest BCUT2D eigenvalue weighted by atomic mass is 19.3. The van der Waals surface area contributed by atoms with Gasteiger partial charge in [-0.1, -0.05) is 0 Å². The van der Waals surface area contributed by atoms with Crippen LogP contribution in [0.2, 0.25) is 0 Å². The van der Waals surface area contributed by atoms with Gasteiger partial charge in [0.2, 0.25) is 23.3 Å². The summed E-state index contributed by atoms with van der Waals surface area (Å²) in [6, 6.07) is 0.362. The number of Topliss-reactive ketones (excluding diaryl/α,β-unsaturated/α-hetero) is 1. The first kappa shape index (κ1) is 20.8. The lowest BCUT2D eigenvalue weighted by molar-refractivity contribution is -0.140. The fourth-order valence-electron chi connectivity index (χ4n) is 3.63. The Labute approximate surface area is 166 Å². The van der Waals surface area contributed by atoms with Crippen molar-refractivity contribution in [2.45, 2.75) is 50.6 Å². The number of rotatable bonds is 7. The second kappa shape index (κ2) is 8.22. The maximum Gasteiger partial charge on any atom is 0.252 e. The quantitative estimate of drug-likeness (QED) is 0.528. The molecule has 0 unspecified atom stereocenters. The van der Waals surface area contributed by atoms with E-state index >= 15 is 0 Å². The van der Waals surface area contributed by atoms with Gasteiger partial charge in [0.15, 0.2) is 0 Å². The van der Waals surface area contributed by atoms with Crippen LogP contribution in [0.4, 0.5) is 14.5 Å². The van der Waals surface area contributed by atoms with Crippen LogP contribution in [0.3, 0.4) is 0 Å². The van der Waals surface area contributed by atoms with E-state index in [0.717, 1.165) is 0 Å². The van der Waals surface area contributed by atoms with Crippen molar-refractivity contribution in [3.8, 4) is 0 Å². The zero-order valence-corrected chi connectivity index (χ0v) is 16.1. The molecule has 0 spiro atoms. The van der Waals surface area contributed by atoms with E-state index in [1.165, 1.54) is 24.2 Å². The van der Waals surface area contributed by atoms with Crippen molar-refractivity contribution in [3.05, 3.63) is 24.0 Å². The average molecular weight is 408 g/mol. The number of nitrogens with zero attached hydrogens (tertiary/aromatic N) is 2. The number of amides is 2. The van der Waals surface area contributed by atoms with Gasteiger partial charge < -0.3 is 15.5 Å². The standard InChI is InChI=1S/C19H23F2N5O3/c1-11(27)17(22)13-4-5-23-9-14(13)24-10-16(28)26-6-2-3-15(26)18(29)25-12-7-19(20,21)8-12/h4-5,9,12,15,22,24H,2-3,6-8,10H2,1H3,(H,25,29)/p+1/t15-/m0/s1. The first-order valence-electron chi connectivity index (χ1n) is 9.47. The van der Waals surface area contributed by atoms with Gasteiger partial charge in [0.1, 0.15) is 6.04 Å². The number of hydrogen-bond donors (Lipinski definition) is 3. The van der Waals surface area contributed by atoms with E-state index in [0.29, 0.717) is 30.6 Å². The van der Waals surface area contributed by atoms with Crippen molar-refractivity contribution in [3.63, 3.8) is 0 Å². The predicted octanol–water partition coefficient (Wildman–Crippen LogP) is -0.464. The van der Waals surface area contributed by atoms with E-state index in [1.807, 2.05) is 0 Å². The number of carbonyl (C=O) groups is 3. The van der Waals surface area contributed by atoms with E-state index < -0.39 is 23.9 Å². The Morgan fingerprint density at radius 2 is 2.07 bits per heavy atom. The summed E-state index contributed by atoms with van der Waals surface area (Å²) in [4.78, 5) is 42.1. The maximum absolute atomic E-state index is 13.0. The monoisotopic (exact) mass is 408 g/mol. The molecule has 8 nitrogen and oxygen atoms in total. The summed E-state index contributed by atoms with van der Waals surface area (Å²) in [6.07, 6.45) is 3.38. The van der Waals surface area contributed by atoms with Gasteiger partial charge in [0, 0.05) is 38.5 Å². The maximum atomic E-state index is 13.0. The lowest BCUT2D eigenvalue weighted by atomic mass is 9.88. The average Bonchev–Trinajstić information content (AvgIpc) is 3.14. The molecule has 1 aliphatic heterocycles. The number of anilines is 1. The molecule has 1 aromatic heterocycles. The minimum atomic E-state index is -2.72. The summed E-state index contributed by atoms with van der Waals surface area (Å²) >= 11 is 0. The molecule has 0 bridgehead atoms. The van der Waals surface area contributed by atoms with Gasteiger partial charge in [-0.15, -0.1) is 0 Å². The van der Waals surface area contributed by atoms with Gasteiger partial charge in [0.05, 0.1) is 24.0 Å². The molecule has 1 saturated heterocycles. The highest BCUT2D eigenvalue weighted by Crippen LogP contribution is 2.37. The molecule has 0 aromatic carbocycles. The molecule has 29 heavy (non-hydrogen) atoms. The van der Waals surface area contributed by atoms with E-state index in [9.17, 15) is 23.2 Å². The summed E-state index contributed by atoms with van der Waals surface area (Å²) in [5.74, 6) is -3.72. The minimum absolute atomic E-state index is 0.0538. The molecule has 156 valence electrons. The van der Waals surface area contributed by atoms with Crippen LogP contribution >= 0.6 is 0 Å². The number of nitrogens with one attached hydrogen (secondary N) is 2. The molecule has 1 atom stereocenters. The third-order valence-electron chi connectivity index (χ3n) is 5.23. The molecule has 2 aliphatic rings. The molecule has 1 saturated carbocycles. The van der Waals surface area contributed by atoms with Gasteiger partial charge in [-0.25, -0.2) is 8.78 Å². The normalized spacial score (nSPS) is 20.7. The van der Waals surface area contributed by atoms with Crippen molar-refractivity contribution >= 4 is 29.0 Å². The Hall–Kier alpha value is -2.91. The molecule has 1 aromatic rings. The minimum Gasteiger partial charge on any atom is -0.374 e. The lowest BCUT2D eigenvalue weighted by Gasteiger charge is -2.36. The van der Waals surface area contributed by atoms with E-state index in [4.69, 9.17) is 5.41 Å². The fourth-order valence-corrected chi connectivity index (χ4v) is 3.63. The van der Waals surface area contributed by atoms with Crippen LogP contribution in [0, 0.1) is 0 Å². The highest BCUT2D eigenvalue weighted by molar-refractivity contribution is 6.43. The van der Waals surface area contributed by atoms with Gasteiger partial charge in [-0.3, -0.25) is 24.8 Å².